The number of benzene rings is 4. The van der Waals surface area contributed by atoms with Crippen molar-refractivity contribution in [3.8, 4) is 11.5 Å². The van der Waals surface area contributed by atoms with Gasteiger partial charge in [-0.25, -0.2) is 4.79 Å². The molecule has 3 aliphatic rings. The molecule has 1 aliphatic heterocycles. The molecule has 7 aromatic rings. The first-order valence-electron chi connectivity index (χ1n) is 22.2. The molecule has 2 aliphatic carbocycles. The van der Waals surface area contributed by atoms with Crippen LogP contribution in [0.15, 0.2) is 100 Å². The summed E-state index contributed by atoms with van der Waals surface area (Å²) in [6.07, 6.45) is 15.1. The SMILES string of the molecule is O=c1oc(COc2cccc3[nH]c4ccccc4c23)cn1CCOC1CCCCC1.c1ccc2c(c1)[nH]c1cccc(OCC3CN(CCOC4CCCCC4)CCO3)c12. The molecule has 2 N–H and O–H groups in total. The maximum Gasteiger partial charge on any atom is 0.419 e. The molecule has 1 unspecified atom stereocenters. The summed E-state index contributed by atoms with van der Waals surface area (Å²) in [7, 11) is 0. The summed E-state index contributed by atoms with van der Waals surface area (Å²) in [6, 6.07) is 28.7. The lowest BCUT2D eigenvalue weighted by atomic mass is 9.98. The summed E-state index contributed by atoms with van der Waals surface area (Å²) >= 11 is 0. The summed E-state index contributed by atoms with van der Waals surface area (Å²) in [5.41, 5.74) is 4.34. The molecule has 11 nitrogen and oxygen atoms in total. The number of nitrogens with one attached hydrogen (secondary N) is 2. The minimum atomic E-state index is -0.369. The van der Waals surface area contributed by atoms with E-state index < -0.39 is 0 Å². The number of fused-ring (bicyclic) bond motifs is 6. The topological polar surface area (TPSA) is 116 Å². The summed E-state index contributed by atoms with van der Waals surface area (Å²) in [4.78, 5) is 21.5. The second-order valence-electron chi connectivity index (χ2n) is 16.5. The third-order valence-electron chi connectivity index (χ3n) is 12.3. The van der Waals surface area contributed by atoms with Gasteiger partial charge in [-0.05, 0) is 62.1 Å². The summed E-state index contributed by atoms with van der Waals surface area (Å²) in [5.74, 6) is 1.83. The number of aromatic nitrogens is 3. The number of nitrogens with zero attached hydrogens (tertiary/aromatic N) is 2. The highest BCUT2D eigenvalue weighted by atomic mass is 16.5. The summed E-state index contributed by atoms with van der Waals surface area (Å²) in [5, 5.41) is 4.51. The number of H-pyrrole nitrogens is 2. The van der Waals surface area contributed by atoms with Gasteiger partial charge in [-0.3, -0.25) is 9.47 Å². The highest BCUT2D eigenvalue weighted by Crippen LogP contribution is 2.35. The van der Waals surface area contributed by atoms with E-state index in [1.54, 1.807) is 10.8 Å². The van der Waals surface area contributed by atoms with Gasteiger partial charge in [0.15, 0.2) is 5.76 Å². The maximum absolute atomic E-state index is 12.2. The third-order valence-corrected chi connectivity index (χ3v) is 12.3. The minimum absolute atomic E-state index is 0.0916. The Bertz CT molecular complexity index is 2510. The van der Waals surface area contributed by atoms with Crippen LogP contribution in [0.25, 0.3) is 43.6 Å². The van der Waals surface area contributed by atoms with Gasteiger partial charge in [-0.1, -0.05) is 87.1 Å². The predicted molar refractivity (Wildman–Crippen MR) is 236 cm³/mol. The van der Waals surface area contributed by atoms with E-state index in [-0.39, 0.29) is 18.5 Å². The van der Waals surface area contributed by atoms with Gasteiger partial charge >= 0.3 is 5.76 Å². The molecule has 10 rings (SSSR count). The molecule has 3 fully saturated rings. The highest BCUT2D eigenvalue weighted by Gasteiger charge is 2.23. The molecule has 0 amide bonds. The monoisotopic (exact) mass is 814 g/mol. The maximum atomic E-state index is 12.2. The lowest BCUT2D eigenvalue weighted by Crippen LogP contribution is -2.46. The number of ether oxygens (including phenoxy) is 5. The van der Waals surface area contributed by atoms with Crippen LogP contribution in [0, 0.1) is 0 Å². The van der Waals surface area contributed by atoms with Crippen LogP contribution in [0.2, 0.25) is 0 Å². The fourth-order valence-electron chi connectivity index (χ4n) is 9.17. The number of hydrogen-bond donors (Lipinski definition) is 2. The zero-order valence-corrected chi connectivity index (χ0v) is 34.6. The largest absolute Gasteiger partial charge is 0.490 e. The molecular weight excluding hydrogens is 757 g/mol. The number of rotatable bonds is 14. The van der Waals surface area contributed by atoms with Crippen LogP contribution in [0.1, 0.15) is 70.0 Å². The van der Waals surface area contributed by atoms with Crippen LogP contribution in [0.3, 0.4) is 0 Å². The van der Waals surface area contributed by atoms with Gasteiger partial charge in [0.25, 0.3) is 0 Å². The van der Waals surface area contributed by atoms with E-state index in [1.807, 2.05) is 42.5 Å². The van der Waals surface area contributed by atoms with E-state index in [2.05, 4.69) is 57.3 Å². The molecule has 4 heterocycles. The van der Waals surface area contributed by atoms with E-state index in [1.165, 1.54) is 56.8 Å². The Morgan fingerprint density at radius 1 is 0.633 bits per heavy atom. The Kier molecular flexibility index (Phi) is 13.1. The second kappa shape index (κ2) is 19.5. The standard InChI is InChI=1S/C25H32N2O3.C24H26N2O4/c1-2-7-19(8-3-1)28-15-13-27-14-16-29-20(17-27)18-30-24-12-6-11-23-25(24)21-9-4-5-10-22(21)26-23;27-24-26(13-14-28-17-7-2-1-3-8-17)15-18(30-24)16-29-22-12-6-11-21-23(22)19-9-4-5-10-20(19)25-21/h4-6,9-12,19-20,26H,1-3,7-8,13-18H2;4-6,9-12,15,17,25H,1-3,7-8,13-14,16H2. The molecule has 316 valence electrons. The number of aromatic amines is 2. The molecule has 0 radical (unpaired) electrons. The first-order valence-corrected chi connectivity index (χ1v) is 22.2. The molecule has 4 aromatic carbocycles. The number of hydrogen-bond acceptors (Lipinski definition) is 8. The Morgan fingerprint density at radius 3 is 1.83 bits per heavy atom. The molecule has 2 saturated carbocycles. The van der Waals surface area contributed by atoms with Gasteiger partial charge in [0.05, 0.1) is 55.8 Å². The number of morpholine rings is 1. The molecule has 3 aromatic heterocycles. The fraction of sp³-hybridized carbons (Fsp3) is 0.449. The Balaban J connectivity index is 0.000000154. The van der Waals surface area contributed by atoms with Crippen molar-refractivity contribution in [1.29, 1.82) is 0 Å². The van der Waals surface area contributed by atoms with Crippen LogP contribution < -0.4 is 15.2 Å². The quantitative estimate of drug-likeness (QED) is 0.112. The predicted octanol–water partition coefficient (Wildman–Crippen LogP) is 9.75. The zero-order valence-electron chi connectivity index (χ0n) is 34.6. The van der Waals surface area contributed by atoms with Crippen LogP contribution in [-0.4, -0.2) is 83.8 Å². The van der Waals surface area contributed by atoms with Crippen molar-refractivity contribution in [3.05, 3.63) is 107 Å². The van der Waals surface area contributed by atoms with Crippen molar-refractivity contribution in [1.82, 2.24) is 19.4 Å². The Hall–Kier alpha value is -5.07. The summed E-state index contributed by atoms with van der Waals surface area (Å²) in [6.45, 7) is 6.23. The number of oxazole rings is 1. The fourth-order valence-corrected chi connectivity index (χ4v) is 9.17. The summed E-state index contributed by atoms with van der Waals surface area (Å²) < 4.78 is 37.3. The van der Waals surface area contributed by atoms with E-state index in [4.69, 9.17) is 28.1 Å². The van der Waals surface area contributed by atoms with E-state index in [0.29, 0.717) is 37.7 Å². The van der Waals surface area contributed by atoms with Crippen molar-refractivity contribution in [2.24, 2.45) is 0 Å². The highest BCUT2D eigenvalue weighted by molar-refractivity contribution is 6.11. The normalized spacial score (nSPS) is 18.3. The lowest BCUT2D eigenvalue weighted by Gasteiger charge is -2.33. The van der Waals surface area contributed by atoms with Gasteiger partial charge in [0.2, 0.25) is 0 Å². The van der Waals surface area contributed by atoms with Crippen LogP contribution >= 0.6 is 0 Å². The zero-order chi connectivity index (χ0) is 40.5. The van der Waals surface area contributed by atoms with Crippen LogP contribution in [0.5, 0.6) is 11.5 Å². The van der Waals surface area contributed by atoms with Crippen molar-refractivity contribution in [2.45, 2.75) is 95.7 Å². The molecule has 1 atom stereocenters. The van der Waals surface area contributed by atoms with E-state index in [0.717, 1.165) is 95.4 Å². The first kappa shape index (κ1) is 40.3. The van der Waals surface area contributed by atoms with Gasteiger partial charge in [0.1, 0.15) is 30.8 Å². The Labute approximate surface area is 350 Å². The lowest BCUT2D eigenvalue weighted by molar-refractivity contribution is -0.0594. The number of para-hydroxylation sites is 2. The van der Waals surface area contributed by atoms with Gasteiger partial charge < -0.3 is 38.1 Å². The molecular formula is C49H58N4O7. The smallest absolute Gasteiger partial charge is 0.419 e. The van der Waals surface area contributed by atoms with Gasteiger partial charge in [-0.2, -0.15) is 0 Å². The molecule has 1 saturated heterocycles. The van der Waals surface area contributed by atoms with E-state index >= 15 is 0 Å². The average Bonchev–Trinajstić information content (AvgIpc) is 3.99. The van der Waals surface area contributed by atoms with Crippen LogP contribution in [-0.2, 0) is 27.4 Å². The van der Waals surface area contributed by atoms with Gasteiger partial charge in [0, 0.05) is 52.2 Å². The Morgan fingerprint density at radius 2 is 1.20 bits per heavy atom. The third kappa shape index (κ3) is 9.76. The van der Waals surface area contributed by atoms with Crippen molar-refractivity contribution >= 4 is 43.6 Å². The van der Waals surface area contributed by atoms with Crippen LogP contribution in [0.4, 0.5) is 0 Å². The average molecular weight is 815 g/mol. The molecule has 60 heavy (non-hydrogen) atoms. The molecule has 0 bridgehead atoms. The second-order valence-corrected chi connectivity index (χ2v) is 16.5. The van der Waals surface area contributed by atoms with Crippen molar-refractivity contribution in [3.63, 3.8) is 0 Å². The first-order chi connectivity index (χ1) is 29.6. The van der Waals surface area contributed by atoms with E-state index in [9.17, 15) is 4.79 Å². The van der Waals surface area contributed by atoms with Gasteiger partial charge in [-0.15, -0.1) is 0 Å². The minimum Gasteiger partial charge on any atom is -0.490 e. The van der Waals surface area contributed by atoms with Crippen molar-refractivity contribution < 1.29 is 28.1 Å². The molecule has 0 spiro atoms. The molecule has 11 heteroatoms. The van der Waals surface area contributed by atoms with Crippen molar-refractivity contribution in [2.75, 3.05) is 46.1 Å².